The number of benzene rings is 2. The van der Waals surface area contributed by atoms with Crippen LogP contribution in [0.5, 0.6) is 5.75 Å². The Hall–Kier alpha value is -2.24. The fourth-order valence-electron chi connectivity index (χ4n) is 2.08. The highest BCUT2D eigenvalue weighted by Gasteiger charge is 2.18. The molecule has 2 aromatic rings. The van der Waals surface area contributed by atoms with Gasteiger partial charge in [-0.05, 0) is 36.2 Å². The summed E-state index contributed by atoms with van der Waals surface area (Å²) in [4.78, 5) is 0. The van der Waals surface area contributed by atoms with E-state index in [1.807, 2.05) is 5.48 Å². The molecule has 0 amide bonds. The molecule has 0 saturated carbocycles. The van der Waals surface area contributed by atoms with E-state index in [1.165, 1.54) is 12.1 Å². The van der Waals surface area contributed by atoms with E-state index in [0.717, 1.165) is 5.56 Å². The summed E-state index contributed by atoms with van der Waals surface area (Å²) in [7, 11) is 0. The minimum atomic E-state index is -0.220. The lowest BCUT2D eigenvalue weighted by Crippen LogP contribution is -2.14. The van der Waals surface area contributed by atoms with Gasteiger partial charge in [0, 0.05) is 10.6 Å². The van der Waals surface area contributed by atoms with Crippen LogP contribution < -0.4 is 11.2 Å². The zero-order valence-corrected chi connectivity index (χ0v) is 11.5. The van der Waals surface area contributed by atoms with Gasteiger partial charge in [0.15, 0.2) is 0 Å². The summed E-state index contributed by atoms with van der Waals surface area (Å²) in [6, 6.07) is 8.12. The summed E-state index contributed by atoms with van der Waals surface area (Å²) in [6.45, 7) is 1.80. The van der Waals surface area contributed by atoms with Crippen molar-refractivity contribution in [2.75, 3.05) is 5.48 Å². The van der Waals surface area contributed by atoms with E-state index in [-0.39, 0.29) is 17.3 Å². The maximum absolute atomic E-state index is 10.1. The topological polar surface area (TPSA) is 102 Å². The van der Waals surface area contributed by atoms with Crippen LogP contribution in [0, 0.1) is 12.3 Å². The first kappa shape index (κ1) is 14.2. The zero-order chi connectivity index (χ0) is 14.9. The molecule has 0 aliphatic rings. The molecule has 6 heteroatoms. The molecule has 0 spiro atoms. The van der Waals surface area contributed by atoms with Gasteiger partial charge in [-0.2, -0.15) is 0 Å². The summed E-state index contributed by atoms with van der Waals surface area (Å²) in [5.74, 6) is -0.264. The smallest absolute Gasteiger partial charge is 0.125 e. The molecule has 5 nitrogen and oxygen atoms in total. The average molecular weight is 292 g/mol. The minimum Gasteiger partial charge on any atom is -0.507 e. The molecule has 0 heterocycles. The second kappa shape index (κ2) is 5.40. The summed E-state index contributed by atoms with van der Waals surface area (Å²) in [5, 5.41) is 27.5. The monoisotopic (exact) mass is 291 g/mol. The summed E-state index contributed by atoms with van der Waals surface area (Å²) >= 11 is 6.08. The lowest BCUT2D eigenvalue weighted by molar-refractivity contribution is 0.388. The number of nitrogens with one attached hydrogen (secondary N) is 2. The third kappa shape index (κ3) is 2.29. The van der Waals surface area contributed by atoms with Crippen molar-refractivity contribution in [1.82, 2.24) is 0 Å². The van der Waals surface area contributed by atoms with Gasteiger partial charge in [0.05, 0.1) is 11.3 Å². The highest BCUT2D eigenvalue weighted by Crippen LogP contribution is 2.41. The van der Waals surface area contributed by atoms with Crippen LogP contribution >= 0.6 is 11.6 Å². The Morgan fingerprint density at radius 3 is 2.60 bits per heavy atom. The van der Waals surface area contributed by atoms with Crippen LogP contribution in [-0.2, 0) is 0 Å². The number of phenolic OH excluding ortho intramolecular Hbond substituents is 1. The van der Waals surface area contributed by atoms with E-state index in [9.17, 15) is 10.3 Å². The van der Waals surface area contributed by atoms with E-state index >= 15 is 0 Å². The third-order valence-corrected chi connectivity index (χ3v) is 3.53. The van der Waals surface area contributed by atoms with E-state index in [1.54, 1.807) is 25.1 Å². The minimum absolute atomic E-state index is 0.0445. The predicted molar refractivity (Wildman–Crippen MR) is 79.7 cm³/mol. The Morgan fingerprint density at radius 1 is 1.30 bits per heavy atom. The van der Waals surface area contributed by atoms with Gasteiger partial charge in [-0.3, -0.25) is 16.1 Å². The van der Waals surface area contributed by atoms with Crippen molar-refractivity contribution < 1.29 is 10.3 Å². The second-order valence-electron chi connectivity index (χ2n) is 4.32. The van der Waals surface area contributed by atoms with Crippen molar-refractivity contribution >= 4 is 23.1 Å². The largest absolute Gasteiger partial charge is 0.507 e. The van der Waals surface area contributed by atoms with Crippen LogP contribution in [0.1, 0.15) is 11.1 Å². The van der Waals surface area contributed by atoms with Crippen LogP contribution in [-0.4, -0.2) is 16.1 Å². The Balaban J connectivity index is 2.82. The van der Waals surface area contributed by atoms with Crippen molar-refractivity contribution in [2.24, 2.45) is 5.73 Å². The SMILES string of the molecule is Cc1c(Cl)cccc1-c1c(O)ccc(C(=N)N)c1NO. The van der Waals surface area contributed by atoms with Crippen molar-refractivity contribution in [1.29, 1.82) is 5.41 Å². The van der Waals surface area contributed by atoms with Crippen LogP contribution in [0.2, 0.25) is 5.02 Å². The first-order valence-corrected chi connectivity index (χ1v) is 6.21. The van der Waals surface area contributed by atoms with Gasteiger partial charge in [-0.25, -0.2) is 0 Å². The van der Waals surface area contributed by atoms with Crippen molar-refractivity contribution in [3.63, 3.8) is 0 Å². The highest BCUT2D eigenvalue weighted by atomic mass is 35.5. The maximum Gasteiger partial charge on any atom is 0.125 e. The van der Waals surface area contributed by atoms with E-state index in [0.29, 0.717) is 21.7 Å². The highest BCUT2D eigenvalue weighted by molar-refractivity contribution is 6.31. The van der Waals surface area contributed by atoms with Gasteiger partial charge in [0.25, 0.3) is 0 Å². The average Bonchev–Trinajstić information content (AvgIpc) is 2.41. The van der Waals surface area contributed by atoms with E-state index < -0.39 is 0 Å². The van der Waals surface area contributed by atoms with Crippen molar-refractivity contribution in [3.8, 4) is 16.9 Å². The molecule has 104 valence electrons. The molecule has 0 radical (unpaired) electrons. The number of hydrogen-bond acceptors (Lipinski definition) is 4. The van der Waals surface area contributed by atoms with Gasteiger partial charge in [-0.1, -0.05) is 23.7 Å². The molecule has 2 rings (SSSR count). The number of hydrogen-bond donors (Lipinski definition) is 5. The molecular formula is C14H14ClN3O2. The van der Waals surface area contributed by atoms with Crippen molar-refractivity contribution in [2.45, 2.75) is 6.92 Å². The van der Waals surface area contributed by atoms with Gasteiger partial charge >= 0.3 is 0 Å². The summed E-state index contributed by atoms with van der Waals surface area (Å²) < 4.78 is 0. The Kier molecular flexibility index (Phi) is 3.83. The molecule has 2 aromatic carbocycles. The zero-order valence-electron chi connectivity index (χ0n) is 10.7. The molecule has 0 aliphatic carbocycles. The maximum atomic E-state index is 10.1. The number of phenols is 1. The predicted octanol–water partition coefficient (Wildman–Crippen LogP) is 3.11. The number of amidine groups is 1. The van der Waals surface area contributed by atoms with Crippen molar-refractivity contribution in [3.05, 3.63) is 46.5 Å². The normalized spacial score (nSPS) is 10.3. The number of nitrogens with two attached hydrogens (primary N) is 1. The standard InChI is InChI=1S/C14H14ClN3O2/c1-7-8(3-2-4-10(7)15)12-11(19)6-5-9(14(16)17)13(12)18-20/h2-6,18-20H,1H3,(H3,16,17). The van der Waals surface area contributed by atoms with Crippen LogP contribution in [0.4, 0.5) is 5.69 Å². The molecule has 0 bridgehead atoms. The van der Waals surface area contributed by atoms with Crippen LogP contribution in [0.3, 0.4) is 0 Å². The van der Waals surface area contributed by atoms with Crippen LogP contribution in [0.15, 0.2) is 30.3 Å². The van der Waals surface area contributed by atoms with Gasteiger partial charge < -0.3 is 10.8 Å². The molecule has 0 unspecified atom stereocenters. The third-order valence-electron chi connectivity index (χ3n) is 3.12. The van der Waals surface area contributed by atoms with Gasteiger partial charge in [-0.15, -0.1) is 0 Å². The van der Waals surface area contributed by atoms with E-state index in [4.69, 9.17) is 22.7 Å². The number of nitrogen functional groups attached to an aromatic ring is 1. The fraction of sp³-hybridized carbons (Fsp3) is 0.0714. The number of halogens is 1. The molecular weight excluding hydrogens is 278 g/mol. The molecule has 20 heavy (non-hydrogen) atoms. The summed E-state index contributed by atoms with van der Waals surface area (Å²) in [6.07, 6.45) is 0. The Morgan fingerprint density at radius 2 is 2.00 bits per heavy atom. The first-order valence-electron chi connectivity index (χ1n) is 5.83. The number of aromatic hydroxyl groups is 1. The lowest BCUT2D eigenvalue weighted by atomic mass is 9.95. The molecule has 0 atom stereocenters. The van der Waals surface area contributed by atoms with Gasteiger partial charge in [0.2, 0.25) is 0 Å². The first-order chi connectivity index (χ1) is 9.47. The fourth-order valence-corrected chi connectivity index (χ4v) is 2.26. The Labute approximate surface area is 121 Å². The molecule has 0 aromatic heterocycles. The molecule has 6 N–H and O–H groups in total. The summed E-state index contributed by atoms with van der Waals surface area (Å²) in [5.41, 5.74) is 9.69. The molecule has 0 aliphatic heterocycles. The lowest BCUT2D eigenvalue weighted by Gasteiger charge is -2.16. The van der Waals surface area contributed by atoms with Crippen LogP contribution in [0.25, 0.3) is 11.1 Å². The quantitative estimate of drug-likeness (QED) is 0.340. The molecule has 0 saturated heterocycles. The number of anilines is 1. The van der Waals surface area contributed by atoms with Gasteiger partial charge in [0.1, 0.15) is 11.6 Å². The van der Waals surface area contributed by atoms with E-state index in [2.05, 4.69) is 0 Å². The second-order valence-corrected chi connectivity index (χ2v) is 4.73. The number of rotatable bonds is 3. The molecule has 0 fully saturated rings. The Bertz CT molecular complexity index is 686.